The lowest BCUT2D eigenvalue weighted by Crippen LogP contribution is -2.46. The minimum Gasteiger partial charge on any atom is -0.275 e. The van der Waals surface area contributed by atoms with E-state index in [1.54, 1.807) is 30.5 Å². The Hall–Kier alpha value is -1.60. The van der Waals surface area contributed by atoms with E-state index in [2.05, 4.69) is 0 Å². The second-order valence-corrected chi connectivity index (χ2v) is 4.79. The van der Waals surface area contributed by atoms with Crippen molar-refractivity contribution < 1.29 is 13.2 Å². The van der Waals surface area contributed by atoms with Crippen LogP contribution in [0.2, 0.25) is 0 Å². The average Bonchev–Trinajstić information content (AvgIpc) is 2.30. The Bertz CT molecular complexity index is 458. The van der Waals surface area contributed by atoms with E-state index in [9.17, 15) is 13.2 Å². The van der Waals surface area contributed by atoms with E-state index in [-0.39, 0.29) is 11.4 Å². The van der Waals surface area contributed by atoms with Gasteiger partial charge in [-0.2, -0.15) is 0 Å². The summed E-state index contributed by atoms with van der Waals surface area (Å²) in [7, 11) is -3.82. The molecule has 0 radical (unpaired) electrons. The van der Waals surface area contributed by atoms with Crippen LogP contribution >= 0.6 is 0 Å². The van der Waals surface area contributed by atoms with E-state index in [0.717, 1.165) is 0 Å². The number of sulfonamides is 1. The lowest BCUT2D eigenvalue weighted by molar-refractivity contribution is 0.224. The summed E-state index contributed by atoms with van der Waals surface area (Å²) in [6, 6.07) is 6.84. The maximum absolute atomic E-state index is 12.0. The minimum absolute atomic E-state index is 0.0141. The van der Waals surface area contributed by atoms with Gasteiger partial charge in [0.25, 0.3) is 10.0 Å². The minimum atomic E-state index is -3.82. The number of nitrogens with two attached hydrogens (primary N) is 1. The second-order valence-electron chi connectivity index (χ2n) is 2.93. The predicted molar refractivity (Wildman–Crippen MR) is 58.7 cm³/mol. The Balaban J connectivity index is 3.15. The van der Waals surface area contributed by atoms with Crippen molar-refractivity contribution in [3.05, 3.63) is 30.3 Å². The van der Waals surface area contributed by atoms with Crippen molar-refractivity contribution in [1.82, 2.24) is 9.73 Å². The van der Waals surface area contributed by atoms with Gasteiger partial charge in [0.1, 0.15) is 0 Å². The molecule has 3 N–H and O–H groups in total. The molecule has 0 unspecified atom stereocenters. The summed E-state index contributed by atoms with van der Waals surface area (Å²) in [5.74, 6) is 4.92. The molecule has 0 bridgehead atoms. The van der Waals surface area contributed by atoms with Gasteiger partial charge in [0.05, 0.1) is 4.90 Å². The molecule has 88 valence electrons. The van der Waals surface area contributed by atoms with Gasteiger partial charge in [-0.15, -0.1) is 0 Å². The number of carbonyl (C=O) groups is 1. The fourth-order valence-electron chi connectivity index (χ4n) is 1.21. The fraction of sp³-hybridized carbons (Fsp3) is 0.222. The van der Waals surface area contributed by atoms with Crippen molar-refractivity contribution in [2.24, 2.45) is 5.84 Å². The van der Waals surface area contributed by atoms with Crippen LogP contribution in [0.15, 0.2) is 35.2 Å². The van der Waals surface area contributed by atoms with Gasteiger partial charge >= 0.3 is 6.03 Å². The molecule has 1 aromatic carbocycles. The zero-order chi connectivity index (χ0) is 12.2. The third-order valence-corrected chi connectivity index (χ3v) is 3.84. The molecule has 0 aromatic heterocycles. The predicted octanol–water partition coefficient (Wildman–Crippen LogP) is 0.280. The van der Waals surface area contributed by atoms with Crippen LogP contribution in [0.4, 0.5) is 4.79 Å². The SMILES string of the molecule is CCN(C(=O)NN)S(=O)(=O)c1ccccc1. The first-order valence-corrected chi connectivity index (χ1v) is 6.06. The summed E-state index contributed by atoms with van der Waals surface area (Å²) in [5.41, 5.74) is 1.80. The number of hydrogen-bond acceptors (Lipinski definition) is 4. The molecule has 6 nitrogen and oxygen atoms in total. The van der Waals surface area contributed by atoms with Crippen LogP contribution in [0.25, 0.3) is 0 Å². The molecule has 1 rings (SSSR count). The first-order valence-electron chi connectivity index (χ1n) is 4.62. The Morgan fingerprint density at radius 1 is 1.38 bits per heavy atom. The van der Waals surface area contributed by atoms with Crippen molar-refractivity contribution in [1.29, 1.82) is 0 Å². The van der Waals surface area contributed by atoms with Gasteiger partial charge in [-0.1, -0.05) is 18.2 Å². The smallest absolute Gasteiger partial charge is 0.275 e. The largest absolute Gasteiger partial charge is 0.345 e. The molecular weight excluding hydrogens is 230 g/mol. The Morgan fingerprint density at radius 3 is 2.38 bits per heavy atom. The molecule has 16 heavy (non-hydrogen) atoms. The van der Waals surface area contributed by atoms with Crippen molar-refractivity contribution in [3.63, 3.8) is 0 Å². The highest BCUT2D eigenvalue weighted by Crippen LogP contribution is 2.14. The van der Waals surface area contributed by atoms with Crippen LogP contribution in [0, 0.1) is 0 Å². The van der Waals surface area contributed by atoms with Gasteiger partial charge in [0, 0.05) is 6.54 Å². The monoisotopic (exact) mass is 243 g/mol. The molecule has 0 spiro atoms. The van der Waals surface area contributed by atoms with E-state index >= 15 is 0 Å². The third kappa shape index (κ3) is 2.31. The second kappa shape index (κ2) is 4.95. The molecule has 0 heterocycles. The van der Waals surface area contributed by atoms with Crippen LogP contribution in [-0.2, 0) is 10.0 Å². The lowest BCUT2D eigenvalue weighted by Gasteiger charge is -2.19. The summed E-state index contributed by atoms with van der Waals surface area (Å²) in [4.78, 5) is 11.3. The topological polar surface area (TPSA) is 92.5 Å². The number of benzene rings is 1. The number of amides is 2. The number of rotatable bonds is 3. The molecule has 0 aliphatic heterocycles. The number of hydrogen-bond donors (Lipinski definition) is 2. The number of nitrogens with one attached hydrogen (secondary N) is 1. The highest BCUT2D eigenvalue weighted by molar-refractivity contribution is 7.89. The molecule has 0 saturated carbocycles. The van der Waals surface area contributed by atoms with Gasteiger partial charge < -0.3 is 0 Å². The Labute approximate surface area is 94.1 Å². The molecule has 0 atom stereocenters. The van der Waals surface area contributed by atoms with Gasteiger partial charge in [-0.25, -0.2) is 23.4 Å². The number of urea groups is 1. The molecule has 0 aliphatic rings. The number of nitrogens with zero attached hydrogens (tertiary/aromatic N) is 1. The molecule has 1 aromatic rings. The third-order valence-electron chi connectivity index (χ3n) is 1.97. The summed E-state index contributed by atoms with van der Waals surface area (Å²) in [5, 5.41) is 0. The summed E-state index contributed by atoms with van der Waals surface area (Å²) < 4.78 is 24.6. The first-order chi connectivity index (χ1) is 7.54. The van der Waals surface area contributed by atoms with Gasteiger partial charge in [-0.3, -0.25) is 5.43 Å². The lowest BCUT2D eigenvalue weighted by atomic mass is 10.4. The van der Waals surface area contributed by atoms with E-state index < -0.39 is 16.1 Å². The number of hydrazine groups is 1. The summed E-state index contributed by atoms with van der Waals surface area (Å²) >= 11 is 0. The maximum atomic E-state index is 12.0. The highest BCUT2D eigenvalue weighted by atomic mass is 32.2. The fourth-order valence-corrected chi connectivity index (χ4v) is 2.58. The van der Waals surface area contributed by atoms with Crippen LogP contribution < -0.4 is 11.3 Å². The normalized spacial score (nSPS) is 10.9. The van der Waals surface area contributed by atoms with Gasteiger partial charge in [0.2, 0.25) is 0 Å². The van der Waals surface area contributed by atoms with Crippen LogP contribution in [0.3, 0.4) is 0 Å². The highest BCUT2D eigenvalue weighted by Gasteiger charge is 2.26. The van der Waals surface area contributed by atoms with Gasteiger partial charge in [-0.05, 0) is 19.1 Å². The standard InChI is InChI=1S/C9H13N3O3S/c1-2-12(9(13)11-10)16(14,15)8-6-4-3-5-7-8/h3-7H,2,10H2,1H3,(H,11,13). The summed E-state index contributed by atoms with van der Waals surface area (Å²) in [6.07, 6.45) is 0. The first kappa shape index (κ1) is 12.5. The molecule has 7 heteroatoms. The zero-order valence-electron chi connectivity index (χ0n) is 8.75. The molecular formula is C9H13N3O3S. The average molecular weight is 243 g/mol. The Morgan fingerprint density at radius 2 is 1.94 bits per heavy atom. The Kier molecular flexibility index (Phi) is 3.86. The maximum Gasteiger partial charge on any atom is 0.345 e. The molecule has 0 aliphatic carbocycles. The van der Waals surface area contributed by atoms with Crippen molar-refractivity contribution in [2.75, 3.05) is 6.54 Å². The van der Waals surface area contributed by atoms with E-state index in [1.807, 2.05) is 0 Å². The quantitative estimate of drug-likeness (QED) is 0.453. The van der Waals surface area contributed by atoms with E-state index in [1.165, 1.54) is 12.1 Å². The van der Waals surface area contributed by atoms with Crippen LogP contribution in [-0.4, -0.2) is 25.3 Å². The van der Waals surface area contributed by atoms with Crippen LogP contribution in [0.5, 0.6) is 0 Å². The van der Waals surface area contributed by atoms with Crippen molar-refractivity contribution in [2.45, 2.75) is 11.8 Å². The molecule has 0 fully saturated rings. The van der Waals surface area contributed by atoms with Gasteiger partial charge in [0.15, 0.2) is 0 Å². The molecule has 0 saturated heterocycles. The summed E-state index contributed by atoms with van der Waals surface area (Å²) in [6.45, 7) is 1.57. The van der Waals surface area contributed by atoms with Crippen molar-refractivity contribution in [3.8, 4) is 0 Å². The van der Waals surface area contributed by atoms with E-state index in [4.69, 9.17) is 5.84 Å². The van der Waals surface area contributed by atoms with Crippen LogP contribution in [0.1, 0.15) is 6.92 Å². The zero-order valence-corrected chi connectivity index (χ0v) is 9.57. The van der Waals surface area contributed by atoms with E-state index in [0.29, 0.717) is 4.31 Å². The molecule has 2 amide bonds. The van der Waals surface area contributed by atoms with Crippen molar-refractivity contribution >= 4 is 16.1 Å². The number of carbonyl (C=O) groups excluding carboxylic acids is 1.